The summed E-state index contributed by atoms with van der Waals surface area (Å²) in [6, 6.07) is 7.63. The van der Waals surface area contributed by atoms with Crippen LogP contribution in [0.1, 0.15) is 24.0 Å². The number of hydrogen-bond acceptors (Lipinski definition) is 5. The quantitative estimate of drug-likeness (QED) is 0.379. The van der Waals surface area contributed by atoms with Gasteiger partial charge in [0.15, 0.2) is 5.96 Å². The number of ether oxygens (including phenoxy) is 2. The van der Waals surface area contributed by atoms with E-state index < -0.39 is 0 Å². The summed E-state index contributed by atoms with van der Waals surface area (Å²) >= 11 is 1.69. The Bertz CT molecular complexity index is 688. The molecule has 142 valence electrons. The molecule has 0 aliphatic heterocycles. The highest BCUT2D eigenvalue weighted by molar-refractivity contribution is 7.09. The number of hydrogen-bond donors (Lipinski definition) is 2. The van der Waals surface area contributed by atoms with Gasteiger partial charge in [0, 0.05) is 43.9 Å². The van der Waals surface area contributed by atoms with E-state index >= 15 is 0 Å². The van der Waals surface area contributed by atoms with E-state index in [-0.39, 0.29) is 0 Å². The summed E-state index contributed by atoms with van der Waals surface area (Å²) < 4.78 is 10.9. The van der Waals surface area contributed by atoms with Crippen molar-refractivity contribution >= 4 is 17.3 Å². The molecule has 0 spiro atoms. The number of nitrogens with one attached hydrogen (secondary N) is 2. The van der Waals surface area contributed by atoms with Crippen LogP contribution in [0.15, 0.2) is 34.6 Å². The molecular weight excluding hydrogens is 348 g/mol. The van der Waals surface area contributed by atoms with Crippen molar-refractivity contribution in [3.8, 4) is 11.5 Å². The van der Waals surface area contributed by atoms with Gasteiger partial charge in [0.2, 0.25) is 0 Å². The van der Waals surface area contributed by atoms with Gasteiger partial charge in [-0.3, -0.25) is 4.99 Å². The Balaban J connectivity index is 1.68. The van der Waals surface area contributed by atoms with Crippen LogP contribution in [-0.4, -0.2) is 44.3 Å². The number of nitrogens with zero attached hydrogens (tertiary/aromatic N) is 2. The largest absolute Gasteiger partial charge is 0.497 e. The van der Waals surface area contributed by atoms with Crippen LogP contribution in [-0.2, 0) is 6.42 Å². The number of benzene rings is 1. The van der Waals surface area contributed by atoms with Crippen LogP contribution in [0, 0.1) is 6.92 Å². The van der Waals surface area contributed by atoms with Crippen molar-refractivity contribution < 1.29 is 9.47 Å². The summed E-state index contributed by atoms with van der Waals surface area (Å²) in [5.74, 6) is 2.45. The van der Waals surface area contributed by atoms with Gasteiger partial charge < -0.3 is 20.1 Å². The van der Waals surface area contributed by atoms with E-state index in [1.165, 1.54) is 0 Å². The molecule has 2 rings (SSSR count). The fraction of sp³-hybridized carbons (Fsp3) is 0.474. The molecule has 1 aromatic heterocycles. The van der Waals surface area contributed by atoms with Crippen LogP contribution < -0.4 is 20.1 Å². The molecule has 6 nitrogen and oxygen atoms in total. The first-order chi connectivity index (χ1) is 12.7. The molecule has 0 radical (unpaired) electrons. The summed E-state index contributed by atoms with van der Waals surface area (Å²) in [6.07, 6.45) is 1.74. The topological polar surface area (TPSA) is 67.8 Å². The maximum atomic E-state index is 5.73. The van der Waals surface area contributed by atoms with Crippen molar-refractivity contribution in [1.82, 2.24) is 15.6 Å². The molecule has 0 saturated carbocycles. The highest BCUT2D eigenvalue weighted by atomic mass is 32.1. The zero-order valence-electron chi connectivity index (χ0n) is 15.7. The van der Waals surface area contributed by atoms with Crippen molar-refractivity contribution in [3.63, 3.8) is 0 Å². The summed E-state index contributed by atoms with van der Waals surface area (Å²) in [4.78, 5) is 9.06. The van der Waals surface area contributed by atoms with Gasteiger partial charge in [-0.15, -0.1) is 11.3 Å². The zero-order valence-corrected chi connectivity index (χ0v) is 16.6. The lowest BCUT2D eigenvalue weighted by molar-refractivity contribution is 0.311. The number of aryl methyl sites for hydroxylation is 1. The van der Waals surface area contributed by atoms with Crippen LogP contribution in [0.5, 0.6) is 11.5 Å². The Labute approximate surface area is 159 Å². The Morgan fingerprint density at radius 3 is 2.85 bits per heavy atom. The summed E-state index contributed by atoms with van der Waals surface area (Å²) in [7, 11) is 1.65. The molecule has 0 amide bonds. The molecule has 1 heterocycles. The third-order valence-electron chi connectivity index (χ3n) is 3.57. The SMILES string of the molecule is CCNC(=NCCCOc1cccc(OC)c1)NCCc1csc(C)n1. The smallest absolute Gasteiger partial charge is 0.191 e. The van der Waals surface area contributed by atoms with Gasteiger partial charge in [0.1, 0.15) is 11.5 Å². The average molecular weight is 377 g/mol. The minimum Gasteiger partial charge on any atom is -0.497 e. The van der Waals surface area contributed by atoms with E-state index in [1.807, 2.05) is 31.2 Å². The van der Waals surface area contributed by atoms with Gasteiger partial charge in [-0.1, -0.05) is 6.07 Å². The number of aromatic nitrogens is 1. The van der Waals surface area contributed by atoms with Crippen molar-refractivity contribution in [2.24, 2.45) is 4.99 Å². The number of aliphatic imine (C=N–C) groups is 1. The average Bonchev–Trinajstić information content (AvgIpc) is 3.06. The van der Waals surface area contributed by atoms with Gasteiger partial charge in [-0.25, -0.2) is 4.98 Å². The molecule has 2 N–H and O–H groups in total. The fourth-order valence-corrected chi connectivity index (χ4v) is 2.96. The van der Waals surface area contributed by atoms with Crippen LogP contribution in [0.2, 0.25) is 0 Å². The minimum absolute atomic E-state index is 0.619. The molecule has 0 aliphatic carbocycles. The molecule has 1 aromatic carbocycles. The molecule has 7 heteroatoms. The molecular formula is C19H28N4O2S. The third-order valence-corrected chi connectivity index (χ3v) is 4.39. The number of rotatable bonds is 10. The van der Waals surface area contributed by atoms with Crippen LogP contribution in [0.4, 0.5) is 0 Å². The highest BCUT2D eigenvalue weighted by Gasteiger charge is 2.01. The van der Waals surface area contributed by atoms with Crippen molar-refractivity contribution in [3.05, 3.63) is 40.3 Å². The van der Waals surface area contributed by atoms with E-state index in [0.717, 1.165) is 54.1 Å². The second-order valence-corrected chi connectivity index (χ2v) is 6.74. The normalized spacial score (nSPS) is 11.3. The molecule has 26 heavy (non-hydrogen) atoms. The molecule has 0 unspecified atom stereocenters. The van der Waals surface area contributed by atoms with Gasteiger partial charge in [-0.05, 0) is 26.0 Å². The Kier molecular flexibility index (Phi) is 8.75. The predicted molar refractivity (Wildman–Crippen MR) is 108 cm³/mol. The monoisotopic (exact) mass is 376 g/mol. The lowest BCUT2D eigenvalue weighted by Gasteiger charge is -2.11. The standard InChI is InChI=1S/C19H28N4O2S/c1-4-20-19(22-11-9-16-14-26-15(2)23-16)21-10-6-12-25-18-8-5-7-17(13-18)24-3/h5,7-8,13-14H,4,6,9-12H2,1-3H3,(H2,20,21,22). The summed E-state index contributed by atoms with van der Waals surface area (Å²) in [5, 5.41) is 9.83. The van der Waals surface area contributed by atoms with Crippen LogP contribution >= 0.6 is 11.3 Å². The highest BCUT2D eigenvalue weighted by Crippen LogP contribution is 2.18. The maximum absolute atomic E-state index is 5.73. The van der Waals surface area contributed by atoms with E-state index in [9.17, 15) is 0 Å². The second kappa shape index (κ2) is 11.4. The van der Waals surface area contributed by atoms with Crippen LogP contribution in [0.25, 0.3) is 0 Å². The maximum Gasteiger partial charge on any atom is 0.191 e. The first-order valence-corrected chi connectivity index (χ1v) is 9.79. The fourth-order valence-electron chi connectivity index (χ4n) is 2.31. The first-order valence-electron chi connectivity index (χ1n) is 8.91. The predicted octanol–water partition coefficient (Wildman–Crippen LogP) is 3.03. The van der Waals surface area contributed by atoms with Crippen molar-refractivity contribution in [1.29, 1.82) is 0 Å². The van der Waals surface area contributed by atoms with E-state index in [2.05, 4.69) is 32.9 Å². The van der Waals surface area contributed by atoms with Crippen molar-refractivity contribution in [2.75, 3.05) is 33.4 Å². The van der Waals surface area contributed by atoms with Gasteiger partial charge in [0.05, 0.1) is 24.4 Å². The van der Waals surface area contributed by atoms with Crippen molar-refractivity contribution in [2.45, 2.75) is 26.7 Å². The summed E-state index contributed by atoms with van der Waals surface area (Å²) in [5.41, 5.74) is 1.13. The lowest BCUT2D eigenvalue weighted by atomic mass is 10.3. The molecule has 0 bridgehead atoms. The lowest BCUT2D eigenvalue weighted by Crippen LogP contribution is -2.38. The summed E-state index contributed by atoms with van der Waals surface area (Å²) in [6.45, 7) is 7.06. The van der Waals surface area contributed by atoms with E-state index in [0.29, 0.717) is 13.2 Å². The molecule has 2 aromatic rings. The number of thiazole rings is 1. The Morgan fingerprint density at radius 1 is 1.27 bits per heavy atom. The van der Waals surface area contributed by atoms with Gasteiger partial charge >= 0.3 is 0 Å². The minimum atomic E-state index is 0.619. The Morgan fingerprint density at radius 2 is 2.12 bits per heavy atom. The number of guanidine groups is 1. The number of methoxy groups -OCH3 is 1. The second-order valence-electron chi connectivity index (χ2n) is 5.68. The van der Waals surface area contributed by atoms with E-state index in [4.69, 9.17) is 9.47 Å². The molecule has 0 fully saturated rings. The zero-order chi connectivity index (χ0) is 18.6. The van der Waals surface area contributed by atoms with Gasteiger partial charge in [0.25, 0.3) is 0 Å². The molecule has 0 atom stereocenters. The molecule has 0 saturated heterocycles. The van der Waals surface area contributed by atoms with Gasteiger partial charge in [-0.2, -0.15) is 0 Å². The first kappa shape index (κ1) is 20.0. The van der Waals surface area contributed by atoms with E-state index in [1.54, 1.807) is 18.4 Å². The molecule has 0 aliphatic rings. The van der Waals surface area contributed by atoms with Crippen LogP contribution in [0.3, 0.4) is 0 Å². The third kappa shape index (κ3) is 7.31. The Hall–Kier alpha value is -2.28.